The number of hydrogen-bond donors (Lipinski definition) is 1. The Morgan fingerprint density at radius 2 is 2.20 bits per heavy atom. The monoisotopic (exact) mass is 200 g/mol. The van der Waals surface area contributed by atoms with Crippen LogP contribution in [-0.2, 0) is 6.42 Å². The zero-order valence-electron chi connectivity index (χ0n) is 8.42. The first-order valence-electron chi connectivity index (χ1n) is 5.07. The van der Waals surface area contributed by atoms with Gasteiger partial charge in [0.1, 0.15) is 0 Å². The Kier molecular flexibility index (Phi) is 2.84. The van der Waals surface area contributed by atoms with Gasteiger partial charge in [-0.25, -0.2) is 0 Å². The van der Waals surface area contributed by atoms with Crippen molar-refractivity contribution < 1.29 is 9.90 Å². The lowest BCUT2D eigenvalue weighted by molar-refractivity contribution is 0.0994. The zero-order valence-corrected chi connectivity index (χ0v) is 8.42. The van der Waals surface area contributed by atoms with Crippen molar-refractivity contribution in [1.82, 2.24) is 0 Å². The summed E-state index contributed by atoms with van der Waals surface area (Å²) in [7, 11) is 0. The molecule has 2 heteroatoms. The van der Waals surface area contributed by atoms with Crippen molar-refractivity contribution in [2.45, 2.75) is 19.3 Å². The highest BCUT2D eigenvalue weighted by Crippen LogP contribution is 2.22. The summed E-state index contributed by atoms with van der Waals surface area (Å²) in [4.78, 5) is 11.5. The van der Waals surface area contributed by atoms with Gasteiger partial charge in [0.05, 0.1) is 6.61 Å². The predicted molar refractivity (Wildman–Crippen MR) is 57.7 cm³/mol. The lowest BCUT2D eigenvalue weighted by Gasteiger charge is -1.97. The number of hydrogen-bond acceptors (Lipinski definition) is 2. The predicted octanol–water partition coefficient (Wildman–Crippen LogP) is 1.55. The van der Waals surface area contributed by atoms with E-state index < -0.39 is 0 Å². The molecule has 15 heavy (non-hydrogen) atoms. The van der Waals surface area contributed by atoms with Gasteiger partial charge in [-0.2, -0.15) is 0 Å². The van der Waals surface area contributed by atoms with Crippen LogP contribution in [0.3, 0.4) is 0 Å². The van der Waals surface area contributed by atoms with Crippen LogP contribution in [0.4, 0.5) is 0 Å². The second-order valence-corrected chi connectivity index (χ2v) is 3.57. The fraction of sp³-hybridized carbons (Fsp3) is 0.308. The molecule has 1 N–H and O–H groups in total. The van der Waals surface area contributed by atoms with Crippen LogP contribution < -0.4 is 0 Å². The van der Waals surface area contributed by atoms with Crippen molar-refractivity contribution in [3.63, 3.8) is 0 Å². The number of Topliss-reactive ketones (excluding diaryl/α,β-unsaturated/α-hetero) is 1. The Balaban J connectivity index is 2.27. The van der Waals surface area contributed by atoms with Crippen LogP contribution in [0, 0.1) is 11.8 Å². The van der Waals surface area contributed by atoms with Gasteiger partial charge in [-0.3, -0.25) is 4.79 Å². The summed E-state index contributed by atoms with van der Waals surface area (Å²) in [5.41, 5.74) is 2.82. The van der Waals surface area contributed by atoms with Gasteiger partial charge in [0.2, 0.25) is 0 Å². The van der Waals surface area contributed by atoms with E-state index in [9.17, 15) is 4.79 Å². The molecule has 0 heterocycles. The van der Waals surface area contributed by atoms with Crippen LogP contribution in [0.5, 0.6) is 0 Å². The van der Waals surface area contributed by atoms with Crippen molar-refractivity contribution in [1.29, 1.82) is 0 Å². The first-order chi connectivity index (χ1) is 7.31. The number of carbonyl (C=O) groups excluding carboxylic acids is 1. The van der Waals surface area contributed by atoms with Gasteiger partial charge in [0, 0.05) is 24.0 Å². The van der Waals surface area contributed by atoms with Crippen LogP contribution in [0.15, 0.2) is 18.2 Å². The average molecular weight is 200 g/mol. The van der Waals surface area contributed by atoms with Crippen molar-refractivity contribution in [3.05, 3.63) is 34.9 Å². The maximum atomic E-state index is 11.5. The van der Waals surface area contributed by atoms with E-state index in [4.69, 9.17) is 5.11 Å². The lowest BCUT2D eigenvalue weighted by atomic mass is 10.1. The topological polar surface area (TPSA) is 37.3 Å². The first-order valence-corrected chi connectivity index (χ1v) is 5.07. The number of aryl methyl sites for hydroxylation is 1. The van der Waals surface area contributed by atoms with Gasteiger partial charge in [0.15, 0.2) is 5.78 Å². The van der Waals surface area contributed by atoms with E-state index in [0.717, 1.165) is 23.1 Å². The second kappa shape index (κ2) is 4.29. The summed E-state index contributed by atoms with van der Waals surface area (Å²) in [5, 5.41) is 8.58. The molecular formula is C13H12O2. The van der Waals surface area contributed by atoms with E-state index in [1.807, 2.05) is 18.2 Å². The molecule has 0 aromatic heterocycles. The quantitative estimate of drug-likeness (QED) is 0.698. The van der Waals surface area contributed by atoms with Gasteiger partial charge >= 0.3 is 0 Å². The smallest absolute Gasteiger partial charge is 0.163 e. The molecule has 0 spiro atoms. The number of rotatable bonds is 1. The molecule has 0 aliphatic heterocycles. The maximum absolute atomic E-state index is 11.5. The molecule has 2 rings (SSSR count). The molecule has 2 nitrogen and oxygen atoms in total. The molecule has 0 unspecified atom stereocenters. The third-order valence-corrected chi connectivity index (χ3v) is 2.50. The van der Waals surface area contributed by atoms with E-state index in [-0.39, 0.29) is 12.4 Å². The van der Waals surface area contributed by atoms with Gasteiger partial charge in [-0.05, 0) is 24.1 Å². The summed E-state index contributed by atoms with van der Waals surface area (Å²) < 4.78 is 0. The number of aliphatic hydroxyl groups excluding tert-OH is 1. The number of carbonyl (C=O) groups is 1. The summed E-state index contributed by atoms with van der Waals surface area (Å²) in [6, 6.07) is 5.76. The van der Waals surface area contributed by atoms with E-state index in [2.05, 4.69) is 11.8 Å². The molecule has 1 aromatic carbocycles. The Bertz CT molecular complexity index is 449. The molecule has 0 saturated heterocycles. The van der Waals surface area contributed by atoms with E-state index >= 15 is 0 Å². The SMILES string of the molecule is O=C1CCc2ccc(C#CCCO)cc21. The van der Waals surface area contributed by atoms with Crippen LogP contribution >= 0.6 is 0 Å². The number of benzene rings is 1. The molecule has 76 valence electrons. The average Bonchev–Trinajstić information content (AvgIpc) is 2.61. The highest BCUT2D eigenvalue weighted by Gasteiger charge is 2.18. The largest absolute Gasteiger partial charge is 0.395 e. The van der Waals surface area contributed by atoms with Crippen molar-refractivity contribution in [2.24, 2.45) is 0 Å². The molecule has 0 bridgehead atoms. The Morgan fingerprint density at radius 3 is 3.00 bits per heavy atom. The normalized spacial score (nSPS) is 13.3. The fourth-order valence-corrected chi connectivity index (χ4v) is 1.74. The van der Waals surface area contributed by atoms with Crippen molar-refractivity contribution in [2.75, 3.05) is 6.61 Å². The molecule has 0 radical (unpaired) electrons. The van der Waals surface area contributed by atoms with Crippen LogP contribution in [0.1, 0.15) is 34.3 Å². The first kappa shape index (κ1) is 9.95. The molecule has 1 aliphatic rings. The standard InChI is InChI=1S/C13H12O2/c14-8-2-1-3-10-4-5-11-6-7-13(15)12(11)9-10/h4-5,9,14H,2,6-8H2. The number of fused-ring (bicyclic) bond motifs is 1. The van der Waals surface area contributed by atoms with E-state index in [1.54, 1.807) is 0 Å². The van der Waals surface area contributed by atoms with E-state index in [0.29, 0.717) is 12.8 Å². The van der Waals surface area contributed by atoms with Crippen molar-refractivity contribution in [3.8, 4) is 11.8 Å². The minimum Gasteiger partial charge on any atom is -0.395 e. The molecule has 0 fully saturated rings. The van der Waals surface area contributed by atoms with Crippen LogP contribution in [0.25, 0.3) is 0 Å². The van der Waals surface area contributed by atoms with Crippen molar-refractivity contribution >= 4 is 5.78 Å². The molecule has 0 saturated carbocycles. The molecule has 1 aromatic rings. The Labute approximate surface area is 88.9 Å². The minimum atomic E-state index is 0.0802. The highest BCUT2D eigenvalue weighted by atomic mass is 16.2. The summed E-state index contributed by atoms with van der Waals surface area (Å²) in [5.74, 6) is 6.00. The minimum absolute atomic E-state index is 0.0802. The zero-order chi connectivity index (χ0) is 10.7. The maximum Gasteiger partial charge on any atom is 0.163 e. The van der Waals surface area contributed by atoms with Crippen LogP contribution in [-0.4, -0.2) is 17.5 Å². The van der Waals surface area contributed by atoms with Gasteiger partial charge in [-0.15, -0.1) is 0 Å². The third kappa shape index (κ3) is 2.08. The second-order valence-electron chi connectivity index (χ2n) is 3.57. The molecule has 0 atom stereocenters. The summed E-state index contributed by atoms with van der Waals surface area (Å²) in [6.07, 6.45) is 1.96. The number of ketones is 1. The molecule has 1 aliphatic carbocycles. The molecule has 0 amide bonds. The molecular weight excluding hydrogens is 188 g/mol. The Hall–Kier alpha value is -1.59. The lowest BCUT2D eigenvalue weighted by Crippen LogP contribution is -1.91. The highest BCUT2D eigenvalue weighted by molar-refractivity contribution is 6.00. The van der Waals surface area contributed by atoms with Gasteiger partial charge in [-0.1, -0.05) is 17.9 Å². The Morgan fingerprint density at radius 1 is 1.33 bits per heavy atom. The number of aliphatic hydroxyl groups is 1. The van der Waals surface area contributed by atoms with E-state index in [1.165, 1.54) is 0 Å². The van der Waals surface area contributed by atoms with Gasteiger partial charge < -0.3 is 5.11 Å². The third-order valence-electron chi connectivity index (χ3n) is 2.50. The van der Waals surface area contributed by atoms with Gasteiger partial charge in [0.25, 0.3) is 0 Å². The fourth-order valence-electron chi connectivity index (χ4n) is 1.74. The van der Waals surface area contributed by atoms with Crippen LogP contribution in [0.2, 0.25) is 0 Å². The summed E-state index contributed by atoms with van der Waals surface area (Å²) in [6.45, 7) is 0.0802. The summed E-state index contributed by atoms with van der Waals surface area (Å²) >= 11 is 0.